The van der Waals surface area contributed by atoms with Crippen LogP contribution in [0.1, 0.15) is 81.7 Å². The molecule has 0 radical (unpaired) electrons. The number of hydrogen-bond donors (Lipinski definition) is 2. The molecule has 0 heterocycles. The molecule has 2 N–H and O–H groups in total. The Morgan fingerprint density at radius 2 is 0.961 bits per heavy atom. The van der Waals surface area contributed by atoms with Crippen LogP contribution in [0, 0.1) is 20.2 Å². The van der Waals surface area contributed by atoms with Crippen molar-refractivity contribution < 1.29 is 38.5 Å². The molecule has 0 aromatic heterocycles. The van der Waals surface area contributed by atoms with Crippen molar-refractivity contribution in [1.82, 2.24) is 10.6 Å². The summed E-state index contributed by atoms with van der Waals surface area (Å²) in [6.07, 6.45) is 0.0658. The molecule has 0 aliphatic heterocycles. The van der Waals surface area contributed by atoms with Crippen LogP contribution in [-0.2, 0) is 16.0 Å². The number of nitrogens with one attached hydrogen (secondary N) is 2. The molecule has 0 saturated carbocycles. The minimum atomic E-state index is -0.791. The quantitative estimate of drug-likeness (QED) is 0.0795. The van der Waals surface area contributed by atoms with Crippen molar-refractivity contribution in [2.24, 2.45) is 0 Å². The second-order valence-electron chi connectivity index (χ2n) is 11.7. The fourth-order valence-corrected chi connectivity index (χ4v) is 5.68. The summed E-state index contributed by atoms with van der Waals surface area (Å²) < 4.78 is 11.2. The number of non-ortho nitro benzene ring substituents is 2. The smallest absolute Gasteiger partial charge is 0.269 e. The van der Waals surface area contributed by atoms with Gasteiger partial charge in [0.15, 0.2) is 11.6 Å². The maximum Gasteiger partial charge on any atom is 0.269 e. The maximum absolute atomic E-state index is 13.3. The molecule has 264 valence electrons. The van der Waals surface area contributed by atoms with Crippen molar-refractivity contribution in [2.45, 2.75) is 45.2 Å². The highest BCUT2D eigenvalue weighted by Crippen LogP contribution is 2.33. The van der Waals surface area contributed by atoms with E-state index in [2.05, 4.69) is 10.6 Å². The number of nitrogens with zero attached hydrogens (tertiary/aromatic N) is 2. The third kappa shape index (κ3) is 9.81. The number of hydrogen-bond acceptors (Lipinski definition) is 10. The Kier molecular flexibility index (Phi) is 12.3. The Balaban J connectivity index is 1.64. The number of benzene rings is 4. The zero-order valence-corrected chi connectivity index (χ0v) is 28.3. The maximum atomic E-state index is 13.3. The first-order valence-corrected chi connectivity index (χ1v) is 15.7. The topological polar surface area (TPSA) is 197 Å². The Morgan fingerprint density at radius 3 is 1.25 bits per heavy atom. The van der Waals surface area contributed by atoms with Gasteiger partial charge in [0, 0.05) is 73.2 Å². The molecule has 2 amide bonds. The summed E-state index contributed by atoms with van der Waals surface area (Å²) in [5, 5.41) is 27.7. The van der Waals surface area contributed by atoms with Crippen molar-refractivity contribution in [1.29, 1.82) is 0 Å². The summed E-state index contributed by atoms with van der Waals surface area (Å²) in [5.74, 6) is -0.585. The predicted octanol–water partition coefficient (Wildman–Crippen LogP) is 6.01. The number of ether oxygens (including phenoxy) is 2. The monoisotopic (exact) mass is 696 g/mol. The molecule has 0 spiro atoms. The van der Waals surface area contributed by atoms with E-state index in [0.717, 1.165) is 11.1 Å². The van der Waals surface area contributed by atoms with Gasteiger partial charge in [0.25, 0.3) is 11.4 Å². The standard InChI is InChI=1S/C37H36N4O10/c1-22(42)38-32(20-34(44)26-7-11-28(12-8-26)40(46)47)30-18-24(5-15-36(30)50-3)17-25-6-16-37(51-4)31(19-25)33(39-23(2)43)21-35(45)27-9-13-29(14-10-27)41(48)49/h5-16,18-19,32-33H,17,20-21H2,1-4H3,(H,38,42)(H,39,43). The van der Waals surface area contributed by atoms with Crippen LogP contribution in [0.3, 0.4) is 0 Å². The van der Waals surface area contributed by atoms with E-state index >= 15 is 0 Å². The van der Waals surface area contributed by atoms with Crippen molar-refractivity contribution >= 4 is 34.8 Å². The predicted molar refractivity (Wildman–Crippen MR) is 186 cm³/mol. The van der Waals surface area contributed by atoms with Crippen LogP contribution in [0.25, 0.3) is 0 Å². The molecule has 2 atom stereocenters. The van der Waals surface area contributed by atoms with Crippen LogP contribution in [0.2, 0.25) is 0 Å². The molecular weight excluding hydrogens is 660 g/mol. The zero-order chi connectivity index (χ0) is 37.2. The van der Waals surface area contributed by atoms with Gasteiger partial charge in [-0.1, -0.05) is 12.1 Å². The first kappa shape index (κ1) is 37.4. The highest BCUT2D eigenvalue weighted by Gasteiger charge is 2.25. The number of methoxy groups -OCH3 is 2. The average Bonchev–Trinajstić information content (AvgIpc) is 3.10. The van der Waals surface area contributed by atoms with Crippen LogP contribution < -0.4 is 20.1 Å². The van der Waals surface area contributed by atoms with Crippen molar-refractivity contribution in [3.8, 4) is 11.5 Å². The first-order valence-electron chi connectivity index (χ1n) is 15.7. The molecule has 0 aliphatic rings. The van der Waals surface area contributed by atoms with E-state index in [4.69, 9.17) is 9.47 Å². The van der Waals surface area contributed by atoms with Crippen molar-refractivity contribution in [2.75, 3.05) is 14.2 Å². The zero-order valence-electron chi connectivity index (χ0n) is 28.3. The van der Waals surface area contributed by atoms with E-state index in [1.165, 1.54) is 76.6 Å². The van der Waals surface area contributed by atoms with Gasteiger partial charge in [0.05, 0.1) is 36.1 Å². The fraction of sp³-hybridized carbons (Fsp3) is 0.243. The Hall–Kier alpha value is -6.44. The number of Topliss-reactive ketones (excluding diaryl/α,β-unsaturated/α-hetero) is 2. The SMILES string of the molecule is COc1ccc(Cc2ccc(OC)c(C(CC(=O)c3ccc([N+](=O)[O-])cc3)NC(C)=O)c2)cc1C(CC(=O)c1ccc([N+](=O)[O-])cc1)NC(C)=O. The number of nitro groups is 2. The summed E-state index contributed by atoms with van der Waals surface area (Å²) in [4.78, 5) is 72.0. The Bertz CT molecular complexity index is 1820. The van der Waals surface area contributed by atoms with E-state index in [0.29, 0.717) is 29.0 Å². The van der Waals surface area contributed by atoms with Crippen LogP contribution in [0.15, 0.2) is 84.9 Å². The Morgan fingerprint density at radius 1 is 0.608 bits per heavy atom. The third-order valence-electron chi connectivity index (χ3n) is 8.08. The highest BCUT2D eigenvalue weighted by atomic mass is 16.6. The highest BCUT2D eigenvalue weighted by molar-refractivity contribution is 5.97. The molecule has 0 bridgehead atoms. The molecule has 14 nitrogen and oxygen atoms in total. The second-order valence-corrected chi connectivity index (χ2v) is 11.7. The summed E-state index contributed by atoms with van der Waals surface area (Å²) in [6.45, 7) is 2.66. The van der Waals surface area contributed by atoms with Gasteiger partial charge in [-0.3, -0.25) is 39.4 Å². The minimum absolute atomic E-state index is 0.148. The van der Waals surface area contributed by atoms with Crippen molar-refractivity contribution in [3.05, 3.63) is 139 Å². The van der Waals surface area contributed by atoms with Gasteiger partial charge in [0.2, 0.25) is 11.8 Å². The lowest BCUT2D eigenvalue weighted by Crippen LogP contribution is -2.28. The minimum Gasteiger partial charge on any atom is -0.496 e. The van der Waals surface area contributed by atoms with E-state index < -0.39 is 21.9 Å². The largest absolute Gasteiger partial charge is 0.496 e. The number of ketones is 2. The molecule has 2 unspecified atom stereocenters. The molecule has 14 heteroatoms. The van der Waals surface area contributed by atoms with E-state index in [1.807, 2.05) is 24.3 Å². The fourth-order valence-electron chi connectivity index (χ4n) is 5.68. The number of nitro benzene ring substituents is 2. The van der Waals surface area contributed by atoms with Crippen LogP contribution >= 0.6 is 0 Å². The van der Waals surface area contributed by atoms with Gasteiger partial charge in [0.1, 0.15) is 11.5 Å². The molecule has 4 aromatic carbocycles. The van der Waals surface area contributed by atoms with Crippen LogP contribution in [0.5, 0.6) is 11.5 Å². The lowest BCUT2D eigenvalue weighted by atomic mass is 9.92. The average molecular weight is 697 g/mol. The normalized spacial score (nSPS) is 11.8. The Labute approximate surface area is 293 Å². The van der Waals surface area contributed by atoms with Gasteiger partial charge in [-0.25, -0.2) is 0 Å². The number of carbonyl (C=O) groups is 4. The van der Waals surface area contributed by atoms with E-state index in [-0.39, 0.29) is 58.7 Å². The lowest BCUT2D eigenvalue weighted by Gasteiger charge is -2.22. The lowest BCUT2D eigenvalue weighted by molar-refractivity contribution is -0.385. The molecule has 0 aliphatic carbocycles. The summed E-state index contributed by atoms with van der Waals surface area (Å²) >= 11 is 0. The summed E-state index contributed by atoms with van der Waals surface area (Å²) in [6, 6.07) is 19.6. The molecule has 0 saturated heterocycles. The summed E-state index contributed by atoms with van der Waals surface area (Å²) in [5.41, 5.74) is 2.85. The van der Waals surface area contributed by atoms with E-state index in [9.17, 15) is 39.4 Å². The van der Waals surface area contributed by atoms with Gasteiger partial charge in [-0.2, -0.15) is 0 Å². The molecule has 51 heavy (non-hydrogen) atoms. The summed E-state index contributed by atoms with van der Waals surface area (Å²) in [7, 11) is 2.94. The van der Waals surface area contributed by atoms with Crippen LogP contribution in [0.4, 0.5) is 11.4 Å². The second kappa shape index (κ2) is 16.8. The van der Waals surface area contributed by atoms with Gasteiger partial charge in [-0.15, -0.1) is 0 Å². The number of amides is 2. The van der Waals surface area contributed by atoms with Gasteiger partial charge in [-0.05, 0) is 66.1 Å². The first-order chi connectivity index (χ1) is 24.3. The number of carbonyl (C=O) groups excluding carboxylic acids is 4. The van der Waals surface area contributed by atoms with Crippen LogP contribution in [-0.4, -0.2) is 47.4 Å². The van der Waals surface area contributed by atoms with Gasteiger partial charge < -0.3 is 20.1 Å². The molecule has 4 rings (SSSR count). The third-order valence-corrected chi connectivity index (χ3v) is 8.08. The van der Waals surface area contributed by atoms with Crippen molar-refractivity contribution in [3.63, 3.8) is 0 Å². The molecule has 4 aromatic rings. The molecular formula is C37H36N4O10. The number of rotatable bonds is 16. The molecule has 0 fully saturated rings. The van der Waals surface area contributed by atoms with E-state index in [1.54, 1.807) is 12.1 Å². The van der Waals surface area contributed by atoms with Gasteiger partial charge >= 0.3 is 0 Å².